The maximum absolute atomic E-state index is 12.1. The van der Waals surface area contributed by atoms with Crippen molar-refractivity contribution in [1.82, 2.24) is 15.2 Å². The molecule has 0 bridgehead atoms. The number of likely N-dealkylation sites (tertiary alicyclic amines) is 1. The van der Waals surface area contributed by atoms with Crippen molar-refractivity contribution in [1.29, 1.82) is 5.26 Å². The van der Waals surface area contributed by atoms with Crippen molar-refractivity contribution in [2.24, 2.45) is 5.92 Å². The van der Waals surface area contributed by atoms with Crippen molar-refractivity contribution >= 4 is 11.8 Å². The van der Waals surface area contributed by atoms with Crippen LogP contribution in [-0.2, 0) is 4.79 Å². The zero-order chi connectivity index (χ0) is 15.5. The Kier molecular flexibility index (Phi) is 4.14. The molecule has 2 N–H and O–H groups in total. The zero-order valence-electron chi connectivity index (χ0n) is 12.5. The van der Waals surface area contributed by atoms with Crippen molar-refractivity contribution in [3.05, 3.63) is 23.5 Å². The van der Waals surface area contributed by atoms with Crippen molar-refractivity contribution < 1.29 is 9.59 Å². The molecule has 1 saturated carbocycles. The first kappa shape index (κ1) is 14.6. The molecule has 3 rings (SSSR count). The fourth-order valence-corrected chi connectivity index (χ4v) is 3.44. The van der Waals surface area contributed by atoms with Crippen molar-refractivity contribution in [2.45, 2.75) is 38.1 Å². The maximum atomic E-state index is 12.1. The highest BCUT2D eigenvalue weighted by Gasteiger charge is 2.35. The summed E-state index contributed by atoms with van der Waals surface area (Å²) in [7, 11) is 0. The molecular weight excluding hydrogens is 280 g/mol. The van der Waals surface area contributed by atoms with Crippen molar-refractivity contribution in [3.8, 4) is 6.07 Å². The SMILES string of the molecule is N#Cc1c[nH]c(C(=O)NC[C@H]2CC(=O)N(C3CCCC3)C2)c1. The summed E-state index contributed by atoms with van der Waals surface area (Å²) in [6.45, 7) is 1.24. The molecule has 1 saturated heterocycles. The average Bonchev–Trinajstić information content (AvgIpc) is 3.24. The van der Waals surface area contributed by atoms with Crippen LogP contribution in [0.4, 0.5) is 0 Å². The minimum atomic E-state index is -0.228. The highest BCUT2D eigenvalue weighted by atomic mass is 16.2. The summed E-state index contributed by atoms with van der Waals surface area (Å²) < 4.78 is 0. The van der Waals surface area contributed by atoms with E-state index >= 15 is 0 Å². The minimum Gasteiger partial charge on any atom is -0.356 e. The lowest BCUT2D eigenvalue weighted by atomic mass is 10.1. The number of hydrogen-bond acceptors (Lipinski definition) is 3. The van der Waals surface area contributed by atoms with Crippen molar-refractivity contribution in [2.75, 3.05) is 13.1 Å². The maximum Gasteiger partial charge on any atom is 0.267 e. The fourth-order valence-electron chi connectivity index (χ4n) is 3.44. The Balaban J connectivity index is 1.50. The van der Waals surface area contributed by atoms with E-state index in [9.17, 15) is 9.59 Å². The summed E-state index contributed by atoms with van der Waals surface area (Å²) in [5.74, 6) is 0.175. The Morgan fingerprint density at radius 2 is 2.23 bits per heavy atom. The fraction of sp³-hybridized carbons (Fsp3) is 0.562. The lowest BCUT2D eigenvalue weighted by Gasteiger charge is -2.24. The highest BCUT2D eigenvalue weighted by molar-refractivity contribution is 5.92. The van der Waals surface area contributed by atoms with Gasteiger partial charge in [-0.15, -0.1) is 0 Å². The van der Waals surface area contributed by atoms with Gasteiger partial charge >= 0.3 is 0 Å². The van der Waals surface area contributed by atoms with E-state index in [2.05, 4.69) is 10.3 Å². The largest absolute Gasteiger partial charge is 0.356 e. The van der Waals surface area contributed by atoms with Crippen LogP contribution in [-0.4, -0.2) is 40.8 Å². The molecule has 0 aromatic carbocycles. The third kappa shape index (κ3) is 2.98. The number of H-pyrrole nitrogens is 1. The van der Waals surface area contributed by atoms with Crippen LogP contribution in [0, 0.1) is 17.2 Å². The molecule has 1 aromatic heterocycles. The summed E-state index contributed by atoms with van der Waals surface area (Å²) >= 11 is 0. The predicted molar refractivity (Wildman–Crippen MR) is 79.9 cm³/mol. The number of nitrogens with zero attached hydrogens (tertiary/aromatic N) is 2. The van der Waals surface area contributed by atoms with Crippen molar-refractivity contribution in [3.63, 3.8) is 0 Å². The molecule has 0 unspecified atom stereocenters. The molecule has 6 heteroatoms. The number of nitrogens with one attached hydrogen (secondary N) is 2. The highest BCUT2D eigenvalue weighted by Crippen LogP contribution is 2.29. The summed E-state index contributed by atoms with van der Waals surface area (Å²) in [5, 5.41) is 11.6. The van der Waals surface area contributed by atoms with Crippen LogP contribution in [0.3, 0.4) is 0 Å². The zero-order valence-corrected chi connectivity index (χ0v) is 12.5. The van der Waals surface area contributed by atoms with E-state index in [0.717, 1.165) is 19.4 Å². The average molecular weight is 300 g/mol. The summed E-state index contributed by atoms with van der Waals surface area (Å²) in [6.07, 6.45) is 6.68. The van der Waals surface area contributed by atoms with E-state index < -0.39 is 0 Å². The normalized spacial score (nSPS) is 22.0. The number of nitriles is 1. The molecule has 2 aliphatic rings. The molecule has 2 fully saturated rings. The van der Waals surface area contributed by atoms with Gasteiger partial charge in [0.15, 0.2) is 0 Å². The van der Waals surface area contributed by atoms with E-state index in [1.54, 1.807) is 0 Å². The topological polar surface area (TPSA) is 89.0 Å². The Bertz CT molecular complexity index is 610. The van der Waals surface area contributed by atoms with Gasteiger partial charge in [0.2, 0.25) is 5.91 Å². The van der Waals surface area contributed by atoms with Gasteiger partial charge in [-0.05, 0) is 18.9 Å². The molecule has 0 spiro atoms. The van der Waals surface area contributed by atoms with E-state index in [4.69, 9.17) is 5.26 Å². The first-order valence-electron chi connectivity index (χ1n) is 7.83. The summed E-state index contributed by atoms with van der Waals surface area (Å²) in [5.41, 5.74) is 0.821. The number of aromatic nitrogens is 1. The van der Waals surface area contributed by atoms with Crippen LogP contribution in [0.1, 0.15) is 48.2 Å². The number of rotatable bonds is 4. The second kappa shape index (κ2) is 6.22. The number of hydrogen-bond donors (Lipinski definition) is 2. The minimum absolute atomic E-state index is 0.183. The molecule has 1 aliphatic carbocycles. The Morgan fingerprint density at radius 3 is 2.91 bits per heavy atom. The Hall–Kier alpha value is -2.29. The number of aromatic amines is 1. The lowest BCUT2D eigenvalue weighted by Crippen LogP contribution is -2.36. The van der Waals surface area contributed by atoms with Gasteiger partial charge in [-0.2, -0.15) is 5.26 Å². The van der Waals surface area contributed by atoms with Crippen LogP contribution < -0.4 is 5.32 Å². The smallest absolute Gasteiger partial charge is 0.267 e. The van der Waals surface area contributed by atoms with Gasteiger partial charge in [0.1, 0.15) is 11.8 Å². The predicted octanol–water partition coefficient (Wildman–Crippen LogP) is 1.41. The molecule has 22 heavy (non-hydrogen) atoms. The number of carbonyl (C=O) groups excluding carboxylic acids is 2. The second-order valence-electron chi connectivity index (χ2n) is 6.18. The van der Waals surface area contributed by atoms with E-state index in [-0.39, 0.29) is 17.7 Å². The van der Waals surface area contributed by atoms with Gasteiger partial charge in [0.25, 0.3) is 5.91 Å². The standard InChI is InChI=1S/C16H20N4O2/c17-7-11-5-14(18-8-11)16(22)19-9-12-6-15(21)20(10-12)13-3-1-2-4-13/h5,8,12-13,18H,1-4,6,9-10H2,(H,19,22)/t12-/m1/s1. The van der Waals surface area contributed by atoms with Crippen LogP contribution in [0.2, 0.25) is 0 Å². The molecule has 2 amide bonds. The number of carbonyl (C=O) groups is 2. The van der Waals surface area contributed by atoms with Gasteiger partial charge in [0.05, 0.1) is 5.56 Å². The molecule has 116 valence electrons. The van der Waals surface area contributed by atoms with E-state index in [1.807, 2.05) is 11.0 Å². The Morgan fingerprint density at radius 1 is 1.45 bits per heavy atom. The van der Waals surface area contributed by atoms with Crippen LogP contribution in [0.15, 0.2) is 12.3 Å². The molecule has 1 aliphatic heterocycles. The quantitative estimate of drug-likeness (QED) is 0.881. The molecule has 1 atom stereocenters. The van der Waals surface area contributed by atoms with Gasteiger partial charge < -0.3 is 15.2 Å². The van der Waals surface area contributed by atoms with Crippen LogP contribution in [0.5, 0.6) is 0 Å². The van der Waals surface area contributed by atoms with Gasteiger partial charge in [-0.3, -0.25) is 9.59 Å². The summed E-state index contributed by atoms with van der Waals surface area (Å²) in [4.78, 5) is 28.9. The third-order valence-corrected chi connectivity index (χ3v) is 4.61. The molecule has 2 heterocycles. The van der Waals surface area contributed by atoms with Crippen LogP contribution >= 0.6 is 0 Å². The molecule has 0 radical (unpaired) electrons. The Labute approximate surface area is 129 Å². The van der Waals surface area contributed by atoms with E-state index in [0.29, 0.717) is 30.3 Å². The number of amides is 2. The first-order valence-corrected chi connectivity index (χ1v) is 7.83. The first-order chi connectivity index (χ1) is 10.7. The third-order valence-electron chi connectivity index (χ3n) is 4.61. The van der Waals surface area contributed by atoms with Gasteiger partial charge in [-0.1, -0.05) is 12.8 Å². The van der Waals surface area contributed by atoms with Gasteiger partial charge in [-0.25, -0.2) is 0 Å². The molecule has 6 nitrogen and oxygen atoms in total. The van der Waals surface area contributed by atoms with E-state index in [1.165, 1.54) is 25.1 Å². The lowest BCUT2D eigenvalue weighted by molar-refractivity contribution is -0.129. The van der Waals surface area contributed by atoms with Crippen LogP contribution in [0.25, 0.3) is 0 Å². The summed E-state index contributed by atoms with van der Waals surface area (Å²) in [6, 6.07) is 3.92. The van der Waals surface area contributed by atoms with Gasteiger partial charge in [0, 0.05) is 37.7 Å². The second-order valence-corrected chi connectivity index (χ2v) is 6.18. The molecule has 1 aromatic rings. The molecular formula is C16H20N4O2. The monoisotopic (exact) mass is 300 g/mol.